The summed E-state index contributed by atoms with van der Waals surface area (Å²) >= 11 is 0. The molecular weight excluding hydrogens is 304 g/mol. The topological polar surface area (TPSA) is 52.6 Å². The Morgan fingerprint density at radius 1 is 1.04 bits per heavy atom. The van der Waals surface area contributed by atoms with E-state index in [-0.39, 0.29) is 34.6 Å². The van der Waals surface area contributed by atoms with Gasteiger partial charge in [0.05, 0.1) is 12.7 Å². The number of ether oxygens (including phenoxy) is 2. The van der Waals surface area contributed by atoms with E-state index in [9.17, 15) is 9.59 Å². The number of carbonyl (C=O) groups excluding carboxylic acids is 2. The van der Waals surface area contributed by atoms with Crippen LogP contribution in [-0.2, 0) is 19.1 Å². The van der Waals surface area contributed by atoms with Crippen LogP contribution in [0.2, 0.25) is 0 Å². The fourth-order valence-corrected chi connectivity index (χ4v) is 4.68. The molecule has 140 valence electrons. The van der Waals surface area contributed by atoms with Crippen molar-refractivity contribution in [1.29, 1.82) is 0 Å². The molecule has 1 aliphatic rings. The van der Waals surface area contributed by atoms with E-state index in [4.69, 9.17) is 9.47 Å². The molecule has 0 unspecified atom stereocenters. The van der Waals surface area contributed by atoms with Gasteiger partial charge in [-0.2, -0.15) is 0 Å². The van der Waals surface area contributed by atoms with E-state index in [0.29, 0.717) is 19.4 Å². The lowest BCUT2D eigenvalue weighted by molar-refractivity contribution is -0.168. The molecule has 0 N–H and O–H groups in total. The summed E-state index contributed by atoms with van der Waals surface area (Å²) in [6.07, 6.45) is 3.12. The van der Waals surface area contributed by atoms with E-state index in [1.54, 1.807) is 7.11 Å². The van der Waals surface area contributed by atoms with Crippen LogP contribution in [0.5, 0.6) is 0 Å². The lowest BCUT2D eigenvalue weighted by Crippen LogP contribution is -2.49. The van der Waals surface area contributed by atoms with E-state index < -0.39 is 5.41 Å². The van der Waals surface area contributed by atoms with E-state index in [1.165, 1.54) is 6.92 Å². The number of hydrogen-bond donors (Lipinski definition) is 0. The predicted octanol–water partition coefficient (Wildman–Crippen LogP) is 4.40. The molecule has 0 bridgehead atoms. The average molecular weight is 341 g/mol. The number of carbonyl (C=O) groups is 2. The van der Waals surface area contributed by atoms with Gasteiger partial charge in [-0.15, -0.1) is 0 Å². The molecular formula is C20H36O4. The molecule has 0 saturated heterocycles. The molecule has 1 rings (SSSR count). The van der Waals surface area contributed by atoms with Crippen LogP contribution in [-0.4, -0.2) is 31.6 Å². The van der Waals surface area contributed by atoms with E-state index >= 15 is 0 Å². The molecule has 0 aliphatic heterocycles. The summed E-state index contributed by atoms with van der Waals surface area (Å²) in [5.74, 6) is -0.224. The molecule has 0 amide bonds. The predicted molar refractivity (Wildman–Crippen MR) is 95.7 cm³/mol. The smallest absolute Gasteiger partial charge is 0.319 e. The highest BCUT2D eigenvalue weighted by atomic mass is 16.5. The first-order valence-electron chi connectivity index (χ1n) is 9.18. The van der Waals surface area contributed by atoms with Gasteiger partial charge >= 0.3 is 5.97 Å². The largest absolute Gasteiger partial charge is 0.465 e. The molecule has 0 aromatic carbocycles. The standard InChI is InChI=1S/C20H36O4/c1-9-20(10-2,14(3)21)17(22)24-13-16-18(4,5)11-15(23-8)12-19(16,6)7/h15-16H,9-13H2,1-8H3. The maximum atomic E-state index is 12.7. The van der Waals surface area contributed by atoms with Crippen molar-refractivity contribution in [3.8, 4) is 0 Å². The minimum atomic E-state index is -0.988. The van der Waals surface area contributed by atoms with Crippen molar-refractivity contribution < 1.29 is 19.1 Å². The number of Topliss-reactive ketones (excluding diaryl/α,β-unsaturated/α-hetero) is 1. The van der Waals surface area contributed by atoms with Crippen molar-refractivity contribution in [3.63, 3.8) is 0 Å². The SMILES string of the molecule is CCC(CC)(C(C)=O)C(=O)OCC1C(C)(C)CC(OC)CC1(C)C. The summed E-state index contributed by atoms with van der Waals surface area (Å²) in [5.41, 5.74) is -0.960. The average Bonchev–Trinajstić information content (AvgIpc) is 2.46. The van der Waals surface area contributed by atoms with Crippen LogP contribution in [0.25, 0.3) is 0 Å². The van der Waals surface area contributed by atoms with Gasteiger partial charge in [0.25, 0.3) is 0 Å². The Morgan fingerprint density at radius 3 is 1.83 bits per heavy atom. The third-order valence-corrected chi connectivity index (χ3v) is 6.38. The summed E-state index contributed by atoms with van der Waals surface area (Å²) in [7, 11) is 1.76. The fraction of sp³-hybridized carbons (Fsp3) is 0.900. The summed E-state index contributed by atoms with van der Waals surface area (Å²) < 4.78 is 11.3. The maximum absolute atomic E-state index is 12.7. The molecule has 1 aliphatic carbocycles. The second-order valence-corrected chi connectivity index (χ2v) is 8.74. The number of rotatable bonds is 7. The zero-order valence-electron chi connectivity index (χ0n) is 16.8. The summed E-state index contributed by atoms with van der Waals surface area (Å²) in [6.45, 7) is 14.5. The Labute approximate surface area is 147 Å². The van der Waals surface area contributed by atoms with Crippen LogP contribution in [0.15, 0.2) is 0 Å². The van der Waals surface area contributed by atoms with Gasteiger partial charge in [-0.25, -0.2) is 0 Å². The Bertz CT molecular complexity index is 442. The van der Waals surface area contributed by atoms with Gasteiger partial charge in [-0.3, -0.25) is 9.59 Å². The van der Waals surface area contributed by atoms with Crippen molar-refractivity contribution in [2.24, 2.45) is 22.2 Å². The molecule has 24 heavy (non-hydrogen) atoms. The van der Waals surface area contributed by atoms with Gasteiger partial charge in [0.2, 0.25) is 0 Å². The van der Waals surface area contributed by atoms with E-state index in [2.05, 4.69) is 27.7 Å². The van der Waals surface area contributed by atoms with Gasteiger partial charge < -0.3 is 9.47 Å². The molecule has 1 saturated carbocycles. The Balaban J connectivity index is 2.92. The van der Waals surface area contributed by atoms with E-state index in [1.807, 2.05) is 13.8 Å². The normalized spacial score (nSPS) is 26.0. The van der Waals surface area contributed by atoms with Crippen LogP contribution in [0, 0.1) is 22.2 Å². The summed E-state index contributed by atoms with van der Waals surface area (Å²) in [5, 5.41) is 0. The Kier molecular flexibility index (Phi) is 6.65. The van der Waals surface area contributed by atoms with Gasteiger partial charge in [0.15, 0.2) is 0 Å². The Morgan fingerprint density at radius 2 is 1.50 bits per heavy atom. The maximum Gasteiger partial charge on any atom is 0.319 e. The lowest BCUT2D eigenvalue weighted by Gasteiger charge is -2.51. The zero-order chi connectivity index (χ0) is 18.8. The van der Waals surface area contributed by atoms with Crippen molar-refractivity contribution in [2.75, 3.05) is 13.7 Å². The molecule has 0 radical (unpaired) electrons. The molecule has 0 spiro atoms. The minimum absolute atomic E-state index is 0.0139. The first kappa shape index (κ1) is 21.1. The highest BCUT2D eigenvalue weighted by Gasteiger charge is 2.49. The lowest BCUT2D eigenvalue weighted by atomic mass is 9.56. The minimum Gasteiger partial charge on any atom is -0.465 e. The molecule has 0 aromatic rings. The van der Waals surface area contributed by atoms with Crippen molar-refractivity contribution in [2.45, 2.75) is 80.3 Å². The summed E-state index contributed by atoms with van der Waals surface area (Å²) in [4.78, 5) is 24.7. The third-order valence-electron chi connectivity index (χ3n) is 6.38. The first-order valence-corrected chi connectivity index (χ1v) is 9.18. The molecule has 0 heterocycles. The second kappa shape index (κ2) is 7.55. The van der Waals surface area contributed by atoms with Crippen LogP contribution in [0.3, 0.4) is 0 Å². The zero-order valence-corrected chi connectivity index (χ0v) is 16.8. The number of hydrogen-bond acceptors (Lipinski definition) is 4. The van der Waals surface area contributed by atoms with Crippen molar-refractivity contribution in [1.82, 2.24) is 0 Å². The van der Waals surface area contributed by atoms with Gasteiger partial charge in [-0.1, -0.05) is 41.5 Å². The van der Waals surface area contributed by atoms with Crippen LogP contribution in [0.1, 0.15) is 74.1 Å². The van der Waals surface area contributed by atoms with E-state index in [0.717, 1.165) is 12.8 Å². The monoisotopic (exact) mass is 340 g/mol. The van der Waals surface area contributed by atoms with Gasteiger partial charge in [0, 0.05) is 13.0 Å². The van der Waals surface area contributed by atoms with Crippen molar-refractivity contribution in [3.05, 3.63) is 0 Å². The molecule has 0 atom stereocenters. The molecule has 4 heteroatoms. The molecule has 0 aromatic heterocycles. The first-order chi connectivity index (χ1) is 11.0. The van der Waals surface area contributed by atoms with Crippen LogP contribution >= 0.6 is 0 Å². The fourth-order valence-electron chi connectivity index (χ4n) is 4.68. The van der Waals surface area contributed by atoms with Gasteiger partial charge in [0.1, 0.15) is 11.2 Å². The van der Waals surface area contributed by atoms with Crippen LogP contribution in [0.4, 0.5) is 0 Å². The number of esters is 1. The quantitative estimate of drug-likeness (QED) is 0.509. The number of ketones is 1. The van der Waals surface area contributed by atoms with Crippen LogP contribution < -0.4 is 0 Å². The van der Waals surface area contributed by atoms with Crippen molar-refractivity contribution >= 4 is 11.8 Å². The highest BCUT2D eigenvalue weighted by Crippen LogP contribution is 2.51. The number of methoxy groups -OCH3 is 1. The molecule has 4 nitrogen and oxygen atoms in total. The highest BCUT2D eigenvalue weighted by molar-refractivity contribution is 6.02. The van der Waals surface area contributed by atoms with Gasteiger partial charge in [-0.05, 0) is 43.4 Å². The summed E-state index contributed by atoms with van der Waals surface area (Å²) in [6, 6.07) is 0. The third kappa shape index (κ3) is 4.01. The molecule has 1 fully saturated rings. The second-order valence-electron chi connectivity index (χ2n) is 8.74. The Hall–Kier alpha value is -0.900.